The van der Waals surface area contributed by atoms with Crippen molar-refractivity contribution in [2.45, 2.75) is 69.8 Å². The minimum Gasteiger partial charge on any atom is -0.418 e. The van der Waals surface area contributed by atoms with Gasteiger partial charge in [-0.3, -0.25) is 0 Å². The SMILES string of the molecule is Cc1ccc(C)c(OC(=O)c2ccc3ccccc3[n+]2Cc2ccccc2)c1.FC(F)(F)c1cc([B-](c2cc(C(F)(F)F)cc(C(F)(F)F)c2)(c2cc(C(F)(F)F)cc(C(F)(F)F)c2)c2cc(C(F)(F)F)cc(C(F)(F)F)c2)cc(C(F)(F)F)c1. The van der Waals surface area contributed by atoms with E-state index in [1.165, 1.54) is 0 Å². The Morgan fingerprint density at radius 1 is 0.376 bits per heavy atom. The van der Waals surface area contributed by atoms with E-state index in [4.69, 9.17) is 4.74 Å². The molecule has 8 aromatic rings. The average Bonchev–Trinajstić information content (AvgIpc) is 0.866. The van der Waals surface area contributed by atoms with Gasteiger partial charge in [0.2, 0.25) is 5.52 Å². The van der Waals surface area contributed by atoms with Gasteiger partial charge in [0.15, 0.2) is 6.54 Å². The van der Waals surface area contributed by atoms with Gasteiger partial charge >= 0.3 is 55.4 Å². The zero-order valence-electron chi connectivity index (χ0n) is 42.6. The summed E-state index contributed by atoms with van der Waals surface area (Å²) in [5, 5.41) is 1.08. The monoisotopic (exact) mass is 1230 g/mol. The number of fused-ring (bicyclic) bond motifs is 1. The molecule has 0 radical (unpaired) electrons. The second kappa shape index (κ2) is 22.7. The average molecular weight is 1230 g/mol. The lowest BCUT2D eigenvalue weighted by Crippen LogP contribution is -2.75. The van der Waals surface area contributed by atoms with Crippen molar-refractivity contribution in [3.05, 3.63) is 225 Å². The smallest absolute Gasteiger partial charge is 0.416 e. The predicted molar refractivity (Wildman–Crippen MR) is 261 cm³/mol. The lowest BCUT2D eigenvalue weighted by Gasteiger charge is -2.46. The number of benzene rings is 7. The molecular weight excluding hydrogens is 1200 g/mol. The Bertz CT molecular complexity index is 3340. The fourth-order valence-electron chi connectivity index (χ4n) is 9.42. The van der Waals surface area contributed by atoms with Crippen molar-refractivity contribution >= 4 is 44.9 Å². The molecule has 0 saturated heterocycles. The summed E-state index contributed by atoms with van der Waals surface area (Å²) in [5.41, 5.74) is -25.5. The number of carbonyl (C=O) groups is 1. The summed E-state index contributed by atoms with van der Waals surface area (Å²) in [4.78, 5) is 13.1. The number of hydrogen-bond acceptors (Lipinski definition) is 2. The first-order valence-electron chi connectivity index (χ1n) is 24.0. The number of para-hydroxylation sites is 1. The van der Waals surface area contributed by atoms with Crippen LogP contribution in [-0.4, -0.2) is 12.1 Å². The van der Waals surface area contributed by atoms with E-state index in [0.29, 0.717) is 18.0 Å². The minimum atomic E-state index is -6.13. The molecule has 3 nitrogen and oxygen atoms in total. The molecule has 28 heteroatoms. The maximum atomic E-state index is 14.2. The van der Waals surface area contributed by atoms with Gasteiger partial charge in [-0.05, 0) is 67.4 Å². The molecule has 0 aliphatic carbocycles. The van der Waals surface area contributed by atoms with Crippen molar-refractivity contribution in [2.75, 3.05) is 0 Å². The fourth-order valence-corrected chi connectivity index (χ4v) is 9.42. The Balaban J connectivity index is 0.000000306. The minimum absolute atomic E-state index is 0.351. The van der Waals surface area contributed by atoms with Gasteiger partial charge in [0.25, 0.3) is 5.69 Å². The van der Waals surface area contributed by atoms with Crippen LogP contribution in [0.25, 0.3) is 10.9 Å². The maximum Gasteiger partial charge on any atom is 0.416 e. The lowest BCUT2D eigenvalue weighted by atomic mass is 9.12. The number of aromatic nitrogens is 1. The van der Waals surface area contributed by atoms with Gasteiger partial charge < -0.3 is 4.74 Å². The van der Waals surface area contributed by atoms with E-state index in [0.717, 1.165) is 27.6 Å². The van der Waals surface area contributed by atoms with Crippen molar-refractivity contribution < 1.29 is 119 Å². The van der Waals surface area contributed by atoms with Crippen LogP contribution in [0.1, 0.15) is 71.7 Å². The molecule has 0 amide bonds. The van der Waals surface area contributed by atoms with Crippen LogP contribution < -0.4 is 31.2 Å². The highest BCUT2D eigenvalue weighted by molar-refractivity contribution is 7.20. The summed E-state index contributed by atoms with van der Waals surface area (Å²) < 4.78 is 349. The van der Waals surface area contributed by atoms with Gasteiger partial charge in [0, 0.05) is 23.1 Å². The molecule has 0 unspecified atom stereocenters. The van der Waals surface area contributed by atoms with Gasteiger partial charge in [-0.1, -0.05) is 103 Å². The molecule has 0 aliphatic heterocycles. The van der Waals surface area contributed by atoms with Crippen LogP contribution >= 0.6 is 0 Å². The normalized spacial score (nSPS) is 13.2. The summed E-state index contributed by atoms with van der Waals surface area (Å²) in [7, 11) is 0. The van der Waals surface area contributed by atoms with E-state index in [-0.39, 0.29) is 5.97 Å². The third-order valence-electron chi connectivity index (χ3n) is 13.3. The van der Waals surface area contributed by atoms with Crippen molar-refractivity contribution in [1.29, 1.82) is 0 Å². The van der Waals surface area contributed by atoms with Crippen LogP contribution in [0.3, 0.4) is 0 Å². The zero-order valence-corrected chi connectivity index (χ0v) is 42.6. The summed E-state index contributed by atoms with van der Waals surface area (Å²) in [6.45, 7) is 4.53. The lowest BCUT2D eigenvalue weighted by molar-refractivity contribution is -0.664. The summed E-state index contributed by atoms with van der Waals surface area (Å²) in [6, 6.07) is 19.1. The van der Waals surface area contributed by atoms with Crippen LogP contribution in [0.5, 0.6) is 5.75 Å². The van der Waals surface area contributed by atoms with E-state index in [2.05, 4.69) is 18.2 Å². The highest BCUT2D eigenvalue weighted by Crippen LogP contribution is 2.42. The highest BCUT2D eigenvalue weighted by Gasteiger charge is 2.47. The number of nitrogens with zero attached hydrogens (tertiary/aromatic N) is 1. The Morgan fingerprint density at radius 2 is 0.694 bits per heavy atom. The molecule has 0 N–H and O–H groups in total. The molecule has 1 aromatic heterocycles. The van der Waals surface area contributed by atoms with Crippen molar-refractivity contribution in [3.8, 4) is 5.75 Å². The second-order valence-electron chi connectivity index (χ2n) is 19.2. The van der Waals surface area contributed by atoms with Crippen LogP contribution in [0.15, 0.2) is 158 Å². The number of ether oxygens (including phenoxy) is 1. The van der Waals surface area contributed by atoms with Gasteiger partial charge in [-0.15, -0.1) is 0 Å². The number of halogens is 24. The van der Waals surface area contributed by atoms with Crippen LogP contribution in [0.4, 0.5) is 105 Å². The van der Waals surface area contributed by atoms with Gasteiger partial charge in [0.1, 0.15) is 11.9 Å². The summed E-state index contributed by atoms with van der Waals surface area (Å²) in [6.07, 6.45) is -54.8. The Morgan fingerprint density at radius 3 is 1.02 bits per heavy atom. The Kier molecular flexibility index (Phi) is 17.2. The first-order chi connectivity index (χ1) is 38.9. The number of alkyl halides is 24. The largest absolute Gasteiger partial charge is 0.418 e. The van der Waals surface area contributed by atoms with Crippen LogP contribution in [-0.2, 0) is 56.0 Å². The molecule has 0 saturated carbocycles. The molecule has 0 bridgehead atoms. The Labute approximate surface area is 463 Å². The summed E-state index contributed by atoms with van der Waals surface area (Å²) >= 11 is 0. The van der Waals surface area contributed by atoms with E-state index < -0.39 is 195 Å². The highest BCUT2D eigenvalue weighted by atomic mass is 19.4. The van der Waals surface area contributed by atoms with E-state index in [9.17, 15) is 110 Å². The standard InChI is InChI=1S/C32H12BF24.C25H22NO2/c34-25(35,36)13-1-14(26(37,38)39)6-21(5-13)33(22-7-15(27(40,41)42)2-16(8-22)28(43,44)45,23-9-17(29(46,47)48)3-18(10-23)30(49,50)51)24-11-19(31(52,53)54)4-20(12-24)32(55,56)57;1-18-12-13-19(2)24(16-18)28-25(27)23-15-14-21-10-6-7-11-22(21)26(23)17-20-8-4-3-5-9-20/h1-12H;3-16H,17H2,1-2H3/q-1;+1. The first kappa shape index (κ1) is 64.4. The molecule has 85 heavy (non-hydrogen) atoms. The van der Waals surface area contributed by atoms with E-state index in [1.807, 2.05) is 85.1 Å². The van der Waals surface area contributed by atoms with Crippen molar-refractivity contribution in [2.24, 2.45) is 0 Å². The van der Waals surface area contributed by atoms with Crippen molar-refractivity contribution in [3.63, 3.8) is 0 Å². The van der Waals surface area contributed by atoms with Crippen LogP contribution in [0.2, 0.25) is 0 Å². The number of aryl methyl sites for hydroxylation is 2. The van der Waals surface area contributed by atoms with E-state index >= 15 is 0 Å². The number of hydrogen-bond donors (Lipinski definition) is 0. The number of carbonyl (C=O) groups excluding carboxylic acids is 1. The molecule has 0 spiro atoms. The third kappa shape index (κ3) is 14.5. The predicted octanol–water partition coefficient (Wildman–Crippen LogP) is 16.2. The molecule has 0 fully saturated rings. The third-order valence-corrected chi connectivity index (χ3v) is 13.3. The molecule has 0 aliphatic rings. The van der Waals surface area contributed by atoms with Gasteiger partial charge in [0.05, 0.1) is 44.5 Å². The number of rotatable bonds is 8. The molecule has 0 atom stereocenters. The molecule has 450 valence electrons. The van der Waals surface area contributed by atoms with Gasteiger partial charge in [-0.25, -0.2) is 4.79 Å². The number of esters is 1. The number of pyridine rings is 1. The van der Waals surface area contributed by atoms with E-state index in [1.54, 1.807) is 0 Å². The second-order valence-corrected chi connectivity index (χ2v) is 19.2. The molecule has 1 heterocycles. The van der Waals surface area contributed by atoms with Crippen molar-refractivity contribution in [1.82, 2.24) is 0 Å². The molecule has 8 rings (SSSR count). The maximum absolute atomic E-state index is 14.2. The van der Waals surface area contributed by atoms with Gasteiger partial charge in [-0.2, -0.15) is 132 Å². The molecule has 7 aromatic carbocycles. The summed E-state index contributed by atoms with van der Waals surface area (Å²) in [5.74, 6) is 0.250. The first-order valence-corrected chi connectivity index (χ1v) is 24.0. The van der Waals surface area contributed by atoms with Crippen LogP contribution in [0, 0.1) is 13.8 Å². The zero-order chi connectivity index (χ0) is 63.4. The molecular formula is C57H34BF24NO2. The fraction of sp³-hybridized carbons (Fsp3) is 0.193. The Hall–Kier alpha value is -8.20. The topological polar surface area (TPSA) is 30.2 Å². The quantitative estimate of drug-likeness (QED) is 0.0499.